The van der Waals surface area contributed by atoms with Crippen LogP contribution in [-0.2, 0) is 6.42 Å². The van der Waals surface area contributed by atoms with E-state index in [-0.39, 0.29) is 6.10 Å². The largest absolute Gasteiger partial charge is 0.389 e. The summed E-state index contributed by atoms with van der Waals surface area (Å²) in [5, 5.41) is 12.8. The lowest BCUT2D eigenvalue weighted by Gasteiger charge is -2.15. The number of hydrogen-bond donors (Lipinski definition) is 2. The molecule has 0 saturated heterocycles. The molecule has 2 N–H and O–H groups in total. The van der Waals surface area contributed by atoms with E-state index in [4.69, 9.17) is 0 Å². The molecular weight excluding hydrogens is 162 g/mol. The van der Waals surface area contributed by atoms with E-state index in [0.29, 0.717) is 6.42 Å². The van der Waals surface area contributed by atoms with E-state index in [0.717, 1.165) is 12.2 Å². The Kier molecular flexibility index (Phi) is 2.32. The predicted molar refractivity (Wildman–Crippen MR) is 53.8 cm³/mol. The Morgan fingerprint density at radius 2 is 2.15 bits per heavy atom. The molecule has 1 atom stereocenters. The van der Waals surface area contributed by atoms with Crippen LogP contribution in [0.2, 0.25) is 0 Å². The van der Waals surface area contributed by atoms with Gasteiger partial charge in [-0.1, -0.05) is 30.4 Å². The number of aliphatic hydroxyl groups excluding tert-OH is 1. The summed E-state index contributed by atoms with van der Waals surface area (Å²) in [7, 11) is 0. The van der Waals surface area contributed by atoms with E-state index < -0.39 is 0 Å². The van der Waals surface area contributed by atoms with Crippen molar-refractivity contribution in [3.05, 3.63) is 42.0 Å². The average molecular weight is 175 g/mol. The van der Waals surface area contributed by atoms with Crippen molar-refractivity contribution in [1.82, 2.24) is 0 Å². The number of fused-ring (bicyclic) bond motifs is 1. The summed E-state index contributed by atoms with van der Waals surface area (Å²) in [5.41, 5.74) is 2.31. The normalized spacial score (nSPS) is 23.6. The highest BCUT2D eigenvalue weighted by molar-refractivity contribution is 5.52. The van der Waals surface area contributed by atoms with Crippen LogP contribution in [0.5, 0.6) is 0 Å². The molecular formula is C11H13NO. The van der Waals surface area contributed by atoms with E-state index >= 15 is 0 Å². The molecule has 68 valence electrons. The summed E-state index contributed by atoms with van der Waals surface area (Å²) in [4.78, 5) is 0. The second-order valence-electron chi connectivity index (χ2n) is 3.24. The maximum absolute atomic E-state index is 9.55. The van der Waals surface area contributed by atoms with Crippen LogP contribution in [0.15, 0.2) is 36.4 Å². The Balaban J connectivity index is 2.30. The van der Waals surface area contributed by atoms with Crippen molar-refractivity contribution in [2.45, 2.75) is 12.5 Å². The Hall–Kier alpha value is -1.28. The van der Waals surface area contributed by atoms with Crippen molar-refractivity contribution in [1.29, 1.82) is 0 Å². The van der Waals surface area contributed by atoms with Crippen LogP contribution in [0.1, 0.15) is 5.56 Å². The van der Waals surface area contributed by atoms with Gasteiger partial charge in [-0.3, -0.25) is 0 Å². The smallest absolute Gasteiger partial charge is 0.0762 e. The van der Waals surface area contributed by atoms with Gasteiger partial charge < -0.3 is 10.4 Å². The number of para-hydroxylation sites is 1. The third-order valence-corrected chi connectivity index (χ3v) is 2.22. The van der Waals surface area contributed by atoms with E-state index in [1.54, 1.807) is 0 Å². The van der Waals surface area contributed by atoms with E-state index in [2.05, 4.69) is 5.32 Å². The minimum atomic E-state index is -0.344. The zero-order chi connectivity index (χ0) is 9.10. The summed E-state index contributed by atoms with van der Waals surface area (Å²) in [6, 6.07) is 8.09. The van der Waals surface area contributed by atoms with Gasteiger partial charge in [0.25, 0.3) is 0 Å². The van der Waals surface area contributed by atoms with Gasteiger partial charge in [-0.05, 0) is 11.6 Å². The van der Waals surface area contributed by atoms with Gasteiger partial charge in [0.2, 0.25) is 0 Å². The molecule has 1 aliphatic heterocycles. The van der Waals surface area contributed by atoms with Crippen LogP contribution in [-0.4, -0.2) is 17.8 Å². The summed E-state index contributed by atoms with van der Waals surface area (Å²) in [6.07, 6.45) is 4.15. The van der Waals surface area contributed by atoms with E-state index in [1.165, 1.54) is 5.56 Å². The quantitative estimate of drug-likeness (QED) is 0.587. The number of nitrogens with one attached hydrogen (secondary N) is 1. The molecule has 1 aromatic carbocycles. The Morgan fingerprint density at radius 3 is 3.08 bits per heavy atom. The van der Waals surface area contributed by atoms with Gasteiger partial charge >= 0.3 is 0 Å². The lowest BCUT2D eigenvalue weighted by Crippen LogP contribution is -2.13. The van der Waals surface area contributed by atoms with Crippen LogP contribution >= 0.6 is 0 Å². The van der Waals surface area contributed by atoms with Gasteiger partial charge in [0.05, 0.1) is 6.10 Å². The molecule has 0 aliphatic carbocycles. The second kappa shape index (κ2) is 3.62. The zero-order valence-electron chi connectivity index (χ0n) is 7.40. The molecule has 1 aromatic rings. The number of aliphatic hydroxyl groups is 1. The third kappa shape index (κ3) is 1.90. The Morgan fingerprint density at radius 1 is 1.31 bits per heavy atom. The minimum Gasteiger partial charge on any atom is -0.389 e. The number of rotatable bonds is 0. The SMILES string of the molecule is OC1/C=C\CNc2ccccc2C1. The monoisotopic (exact) mass is 175 g/mol. The molecule has 0 fully saturated rings. The van der Waals surface area contributed by atoms with Gasteiger partial charge in [-0.2, -0.15) is 0 Å². The van der Waals surface area contributed by atoms with Gasteiger partial charge in [0, 0.05) is 18.7 Å². The first-order chi connectivity index (χ1) is 6.36. The zero-order valence-corrected chi connectivity index (χ0v) is 7.40. The molecule has 1 aliphatic rings. The summed E-state index contributed by atoms with van der Waals surface area (Å²) < 4.78 is 0. The second-order valence-corrected chi connectivity index (χ2v) is 3.24. The van der Waals surface area contributed by atoms with Crippen molar-refractivity contribution in [3.8, 4) is 0 Å². The van der Waals surface area contributed by atoms with Crippen molar-refractivity contribution >= 4 is 5.69 Å². The first-order valence-corrected chi connectivity index (χ1v) is 4.53. The van der Waals surface area contributed by atoms with Gasteiger partial charge in [0.1, 0.15) is 0 Å². The summed E-state index contributed by atoms with van der Waals surface area (Å²) in [6.45, 7) is 0.786. The Bertz CT molecular complexity index is 320. The van der Waals surface area contributed by atoms with Gasteiger partial charge in [-0.25, -0.2) is 0 Å². The highest BCUT2D eigenvalue weighted by Gasteiger charge is 2.07. The fourth-order valence-corrected chi connectivity index (χ4v) is 1.56. The van der Waals surface area contributed by atoms with Crippen LogP contribution in [0.4, 0.5) is 5.69 Å². The maximum Gasteiger partial charge on any atom is 0.0762 e. The highest BCUT2D eigenvalue weighted by atomic mass is 16.3. The lowest BCUT2D eigenvalue weighted by atomic mass is 10.0. The third-order valence-electron chi connectivity index (χ3n) is 2.22. The topological polar surface area (TPSA) is 32.3 Å². The number of hydrogen-bond acceptors (Lipinski definition) is 2. The van der Waals surface area contributed by atoms with Crippen LogP contribution in [0, 0.1) is 0 Å². The Labute approximate surface area is 77.9 Å². The van der Waals surface area contributed by atoms with Crippen LogP contribution in [0.3, 0.4) is 0 Å². The highest BCUT2D eigenvalue weighted by Crippen LogP contribution is 2.18. The van der Waals surface area contributed by atoms with Crippen LogP contribution in [0.25, 0.3) is 0 Å². The standard InChI is InChI=1S/C11H13NO/c13-10-5-3-7-12-11-6-2-1-4-9(11)8-10/h1-6,10,12-13H,7-8H2/b5-3-. The summed E-state index contributed by atoms with van der Waals surface area (Å²) >= 11 is 0. The molecule has 2 rings (SSSR count). The van der Waals surface area contributed by atoms with Crippen molar-refractivity contribution in [3.63, 3.8) is 0 Å². The molecule has 0 amide bonds. The maximum atomic E-state index is 9.55. The average Bonchev–Trinajstić information content (AvgIpc) is 2.11. The minimum absolute atomic E-state index is 0.344. The molecule has 2 nitrogen and oxygen atoms in total. The van der Waals surface area contributed by atoms with E-state index in [1.807, 2.05) is 36.4 Å². The fourth-order valence-electron chi connectivity index (χ4n) is 1.56. The van der Waals surface area contributed by atoms with Gasteiger partial charge in [-0.15, -0.1) is 0 Å². The van der Waals surface area contributed by atoms with Crippen molar-refractivity contribution < 1.29 is 5.11 Å². The molecule has 0 saturated carbocycles. The number of benzene rings is 1. The molecule has 0 aromatic heterocycles. The summed E-state index contributed by atoms with van der Waals surface area (Å²) in [5.74, 6) is 0. The molecule has 1 unspecified atom stereocenters. The van der Waals surface area contributed by atoms with Crippen LogP contribution < -0.4 is 5.32 Å². The van der Waals surface area contributed by atoms with Crippen molar-refractivity contribution in [2.75, 3.05) is 11.9 Å². The molecule has 0 bridgehead atoms. The van der Waals surface area contributed by atoms with E-state index in [9.17, 15) is 5.11 Å². The molecule has 0 radical (unpaired) electrons. The molecule has 1 heterocycles. The number of anilines is 1. The molecule has 13 heavy (non-hydrogen) atoms. The molecule has 0 spiro atoms. The lowest BCUT2D eigenvalue weighted by molar-refractivity contribution is 0.223. The fraction of sp³-hybridized carbons (Fsp3) is 0.273. The van der Waals surface area contributed by atoms with Crippen molar-refractivity contribution in [2.24, 2.45) is 0 Å². The first-order valence-electron chi connectivity index (χ1n) is 4.53. The van der Waals surface area contributed by atoms with Gasteiger partial charge in [0.15, 0.2) is 0 Å². The predicted octanol–water partition coefficient (Wildman–Crippen LogP) is 1.57. The first kappa shape index (κ1) is 8.32. The molecule has 2 heteroatoms.